The third-order valence-electron chi connectivity index (χ3n) is 3.75. The minimum absolute atomic E-state index is 0.211. The fraction of sp³-hybridized carbons (Fsp3) is 0.667. The lowest BCUT2D eigenvalue weighted by atomic mass is 9.87. The lowest BCUT2D eigenvalue weighted by Crippen LogP contribution is -2.24. The molecule has 0 fully saturated rings. The van der Waals surface area contributed by atoms with Crippen molar-refractivity contribution in [1.29, 1.82) is 0 Å². The SMILES string of the molecule is CCN(CC)CCCCOc1ccc(C(C)(C)C)cc1. The third-order valence-corrected chi connectivity index (χ3v) is 3.75. The fourth-order valence-corrected chi connectivity index (χ4v) is 2.22. The maximum absolute atomic E-state index is 5.80. The maximum atomic E-state index is 5.80. The third kappa shape index (κ3) is 5.96. The second-order valence-electron chi connectivity index (χ2n) is 6.36. The van der Waals surface area contributed by atoms with Gasteiger partial charge in [-0.3, -0.25) is 0 Å². The zero-order chi connectivity index (χ0) is 15.0. The number of rotatable bonds is 8. The lowest BCUT2D eigenvalue weighted by molar-refractivity contribution is 0.266. The van der Waals surface area contributed by atoms with Crippen LogP contribution in [0, 0.1) is 0 Å². The number of nitrogens with zero attached hydrogens (tertiary/aromatic N) is 1. The Morgan fingerprint density at radius 3 is 2.05 bits per heavy atom. The molecule has 2 nitrogen and oxygen atoms in total. The molecule has 0 N–H and O–H groups in total. The normalized spacial score (nSPS) is 11.9. The minimum Gasteiger partial charge on any atom is -0.494 e. The average Bonchev–Trinajstić information content (AvgIpc) is 2.42. The van der Waals surface area contributed by atoms with Crippen LogP contribution in [0.3, 0.4) is 0 Å². The lowest BCUT2D eigenvalue weighted by Gasteiger charge is -2.19. The van der Waals surface area contributed by atoms with Crippen molar-refractivity contribution < 1.29 is 4.74 Å². The zero-order valence-electron chi connectivity index (χ0n) is 13.9. The Hall–Kier alpha value is -1.02. The molecule has 1 rings (SSSR count). The Balaban J connectivity index is 2.26. The van der Waals surface area contributed by atoms with E-state index < -0.39 is 0 Å². The van der Waals surface area contributed by atoms with Crippen molar-refractivity contribution >= 4 is 0 Å². The van der Waals surface area contributed by atoms with Gasteiger partial charge in [0.05, 0.1) is 6.61 Å². The first-order chi connectivity index (χ1) is 9.47. The van der Waals surface area contributed by atoms with Crippen LogP contribution in [0.5, 0.6) is 5.75 Å². The van der Waals surface area contributed by atoms with Gasteiger partial charge in [0.2, 0.25) is 0 Å². The molecular weight excluding hydrogens is 246 g/mol. The summed E-state index contributed by atoms with van der Waals surface area (Å²) in [4.78, 5) is 2.46. The van der Waals surface area contributed by atoms with Crippen molar-refractivity contribution in [3.05, 3.63) is 29.8 Å². The van der Waals surface area contributed by atoms with Gasteiger partial charge in [-0.05, 0) is 55.6 Å². The van der Waals surface area contributed by atoms with Gasteiger partial charge in [-0.25, -0.2) is 0 Å². The minimum atomic E-state index is 0.211. The number of benzene rings is 1. The molecule has 1 aromatic carbocycles. The molecule has 0 heterocycles. The van der Waals surface area contributed by atoms with Gasteiger partial charge >= 0.3 is 0 Å². The quantitative estimate of drug-likeness (QED) is 0.649. The van der Waals surface area contributed by atoms with Crippen LogP contribution in [0.4, 0.5) is 0 Å². The van der Waals surface area contributed by atoms with Gasteiger partial charge in [0.15, 0.2) is 0 Å². The predicted octanol–water partition coefficient (Wildman–Crippen LogP) is 4.48. The van der Waals surface area contributed by atoms with Crippen molar-refractivity contribution in [2.24, 2.45) is 0 Å². The summed E-state index contributed by atoms with van der Waals surface area (Å²) in [6.45, 7) is 15.4. The van der Waals surface area contributed by atoms with Gasteiger partial charge in [-0.2, -0.15) is 0 Å². The second kappa shape index (κ2) is 8.31. The van der Waals surface area contributed by atoms with E-state index in [1.165, 1.54) is 18.5 Å². The van der Waals surface area contributed by atoms with Crippen LogP contribution in [0.2, 0.25) is 0 Å². The molecule has 1 aromatic rings. The molecule has 0 aliphatic carbocycles. The van der Waals surface area contributed by atoms with Gasteiger partial charge in [-0.1, -0.05) is 46.8 Å². The molecule has 0 saturated carbocycles. The highest BCUT2D eigenvalue weighted by Gasteiger charge is 2.12. The van der Waals surface area contributed by atoms with E-state index in [0.29, 0.717) is 0 Å². The standard InChI is InChI=1S/C18H31NO/c1-6-19(7-2)14-8-9-15-20-17-12-10-16(11-13-17)18(3,4)5/h10-13H,6-9,14-15H2,1-5H3. The summed E-state index contributed by atoms with van der Waals surface area (Å²) < 4.78 is 5.80. The summed E-state index contributed by atoms with van der Waals surface area (Å²) in [5, 5.41) is 0. The van der Waals surface area contributed by atoms with Gasteiger partial charge in [0.1, 0.15) is 5.75 Å². The highest BCUT2D eigenvalue weighted by atomic mass is 16.5. The zero-order valence-corrected chi connectivity index (χ0v) is 13.9. The molecule has 0 aliphatic rings. The van der Waals surface area contributed by atoms with Crippen LogP contribution >= 0.6 is 0 Å². The molecular formula is C18H31NO. The molecule has 0 spiro atoms. The van der Waals surface area contributed by atoms with E-state index >= 15 is 0 Å². The molecule has 2 heteroatoms. The molecule has 0 unspecified atom stereocenters. The first-order valence-corrected chi connectivity index (χ1v) is 7.93. The highest BCUT2D eigenvalue weighted by Crippen LogP contribution is 2.24. The summed E-state index contributed by atoms with van der Waals surface area (Å²) in [6.07, 6.45) is 2.33. The van der Waals surface area contributed by atoms with Gasteiger partial charge < -0.3 is 9.64 Å². The summed E-state index contributed by atoms with van der Waals surface area (Å²) in [6, 6.07) is 8.52. The first kappa shape index (κ1) is 17.0. The maximum Gasteiger partial charge on any atom is 0.119 e. The molecule has 20 heavy (non-hydrogen) atoms. The summed E-state index contributed by atoms with van der Waals surface area (Å²) in [5.74, 6) is 0.987. The molecule has 0 aromatic heterocycles. The molecule has 0 radical (unpaired) electrons. The second-order valence-corrected chi connectivity index (χ2v) is 6.36. The van der Waals surface area contributed by atoms with Crippen LogP contribution in [-0.4, -0.2) is 31.1 Å². The molecule has 0 saturated heterocycles. The Labute approximate surface area is 125 Å². The topological polar surface area (TPSA) is 12.5 Å². The van der Waals surface area contributed by atoms with Crippen molar-refractivity contribution in [2.45, 2.75) is 52.9 Å². The number of hydrogen-bond acceptors (Lipinski definition) is 2. The van der Waals surface area contributed by atoms with Crippen LogP contribution < -0.4 is 4.74 Å². The average molecular weight is 277 g/mol. The van der Waals surface area contributed by atoms with Crippen molar-refractivity contribution in [3.8, 4) is 5.75 Å². The van der Waals surface area contributed by atoms with Crippen molar-refractivity contribution in [3.63, 3.8) is 0 Å². The molecule has 0 aliphatic heterocycles. The monoisotopic (exact) mass is 277 g/mol. The molecule has 0 atom stereocenters. The molecule has 0 bridgehead atoms. The number of unbranched alkanes of at least 4 members (excludes halogenated alkanes) is 1. The van der Waals surface area contributed by atoms with Crippen LogP contribution in [-0.2, 0) is 5.41 Å². The van der Waals surface area contributed by atoms with E-state index in [9.17, 15) is 0 Å². The Bertz CT molecular complexity index is 360. The van der Waals surface area contributed by atoms with E-state index in [-0.39, 0.29) is 5.41 Å². The molecule has 114 valence electrons. The summed E-state index contributed by atoms with van der Waals surface area (Å²) >= 11 is 0. The van der Waals surface area contributed by atoms with Crippen LogP contribution in [0.25, 0.3) is 0 Å². The fourth-order valence-electron chi connectivity index (χ4n) is 2.22. The highest BCUT2D eigenvalue weighted by molar-refractivity contribution is 5.31. The van der Waals surface area contributed by atoms with E-state index in [4.69, 9.17) is 4.74 Å². The van der Waals surface area contributed by atoms with E-state index in [1.54, 1.807) is 0 Å². The van der Waals surface area contributed by atoms with Crippen molar-refractivity contribution in [1.82, 2.24) is 4.90 Å². The van der Waals surface area contributed by atoms with Crippen LogP contribution in [0.1, 0.15) is 53.0 Å². The number of hydrogen-bond donors (Lipinski definition) is 0. The van der Waals surface area contributed by atoms with E-state index in [0.717, 1.165) is 31.9 Å². The van der Waals surface area contributed by atoms with Gasteiger partial charge in [0.25, 0.3) is 0 Å². The Kier molecular flexibility index (Phi) is 7.08. The van der Waals surface area contributed by atoms with E-state index in [1.807, 2.05) is 0 Å². The largest absolute Gasteiger partial charge is 0.494 e. The predicted molar refractivity (Wildman–Crippen MR) is 87.7 cm³/mol. The first-order valence-electron chi connectivity index (χ1n) is 7.93. The van der Waals surface area contributed by atoms with Gasteiger partial charge in [-0.15, -0.1) is 0 Å². The van der Waals surface area contributed by atoms with E-state index in [2.05, 4.69) is 63.8 Å². The molecule has 0 amide bonds. The summed E-state index contributed by atoms with van der Waals surface area (Å²) in [5.41, 5.74) is 1.56. The Morgan fingerprint density at radius 1 is 0.950 bits per heavy atom. The number of ether oxygens (including phenoxy) is 1. The summed E-state index contributed by atoms with van der Waals surface area (Å²) in [7, 11) is 0. The van der Waals surface area contributed by atoms with Gasteiger partial charge in [0, 0.05) is 0 Å². The van der Waals surface area contributed by atoms with Crippen LogP contribution in [0.15, 0.2) is 24.3 Å². The Morgan fingerprint density at radius 2 is 1.55 bits per heavy atom. The smallest absolute Gasteiger partial charge is 0.119 e. The van der Waals surface area contributed by atoms with Crippen molar-refractivity contribution in [2.75, 3.05) is 26.2 Å².